The highest BCUT2D eigenvalue weighted by Gasteiger charge is 2.21. The summed E-state index contributed by atoms with van der Waals surface area (Å²) >= 11 is 1.20. The van der Waals surface area contributed by atoms with Gasteiger partial charge in [0.1, 0.15) is 11.7 Å². The lowest BCUT2D eigenvalue weighted by Crippen LogP contribution is -2.26. The van der Waals surface area contributed by atoms with Crippen molar-refractivity contribution in [3.8, 4) is 0 Å². The maximum absolute atomic E-state index is 11.4. The van der Waals surface area contributed by atoms with Gasteiger partial charge in [-0.1, -0.05) is 32.1 Å². The van der Waals surface area contributed by atoms with Gasteiger partial charge in [-0.15, -0.1) is 20.0 Å². The third-order valence-corrected chi connectivity index (χ3v) is 7.29. The normalized spacial score (nSPS) is 14.1. The van der Waals surface area contributed by atoms with Crippen molar-refractivity contribution in [3.05, 3.63) is 29.7 Å². The predicted molar refractivity (Wildman–Crippen MR) is 128 cm³/mol. The standard InChI is InChI=1S/C18H22N8O6S3/c1-9(2)14-15(17-21-16(25-26(17)24-14)10(3)7-19-8-34(27,28)29)22-23-18-20-12-6-11(35(30,31)32)4-5-13(12)33-18/h4-6,9-10,19H,7-8H2,1-3H3,(H,21,25)(H,27,28,29)(H,30,31,32). The number of nitrogens with one attached hydrogen (secondary N) is 2. The molecule has 0 saturated carbocycles. The van der Waals surface area contributed by atoms with Crippen LogP contribution in [0.2, 0.25) is 0 Å². The molecule has 0 fully saturated rings. The van der Waals surface area contributed by atoms with E-state index in [-0.39, 0.29) is 28.4 Å². The van der Waals surface area contributed by atoms with Crippen LogP contribution in [0.5, 0.6) is 0 Å². The Morgan fingerprint density at radius 1 is 1.14 bits per heavy atom. The molecular weight excluding hydrogens is 520 g/mol. The van der Waals surface area contributed by atoms with E-state index in [2.05, 4.69) is 35.7 Å². The second-order valence-corrected chi connectivity index (χ2v) is 12.0. The number of fused-ring (bicyclic) bond motifs is 2. The number of H-pyrrole nitrogens is 1. The molecule has 1 aromatic carbocycles. The molecule has 4 rings (SSSR count). The van der Waals surface area contributed by atoms with E-state index in [0.29, 0.717) is 33.1 Å². The zero-order valence-electron chi connectivity index (χ0n) is 18.7. The lowest BCUT2D eigenvalue weighted by molar-refractivity contribution is 0.473. The topological polar surface area (TPSA) is 204 Å². The summed E-state index contributed by atoms with van der Waals surface area (Å²) in [4.78, 5) is 7.17. The van der Waals surface area contributed by atoms with Gasteiger partial charge < -0.3 is 10.3 Å². The molecule has 0 aliphatic rings. The summed E-state index contributed by atoms with van der Waals surface area (Å²) in [6.45, 7) is 5.94. The number of rotatable bonds is 9. The van der Waals surface area contributed by atoms with Crippen LogP contribution in [-0.2, 0) is 20.2 Å². The van der Waals surface area contributed by atoms with E-state index in [1.165, 1.54) is 34.2 Å². The Bertz CT molecular complexity index is 1640. The summed E-state index contributed by atoms with van der Waals surface area (Å²) < 4.78 is 64.7. The van der Waals surface area contributed by atoms with Crippen LogP contribution in [0.25, 0.3) is 15.9 Å². The highest BCUT2D eigenvalue weighted by Crippen LogP contribution is 2.34. The van der Waals surface area contributed by atoms with E-state index in [9.17, 15) is 21.4 Å². The van der Waals surface area contributed by atoms with E-state index in [0.717, 1.165) is 0 Å². The van der Waals surface area contributed by atoms with Crippen LogP contribution >= 0.6 is 11.3 Å². The minimum atomic E-state index is -4.35. The van der Waals surface area contributed by atoms with Gasteiger partial charge in [-0.25, -0.2) is 4.98 Å². The Labute approximate surface area is 204 Å². The maximum atomic E-state index is 11.4. The second-order valence-electron chi connectivity index (χ2n) is 8.12. The summed E-state index contributed by atoms with van der Waals surface area (Å²) in [6.07, 6.45) is 0. The van der Waals surface area contributed by atoms with Crippen molar-refractivity contribution in [2.45, 2.75) is 37.5 Å². The third kappa shape index (κ3) is 5.71. The predicted octanol–water partition coefficient (Wildman–Crippen LogP) is 2.99. The van der Waals surface area contributed by atoms with Crippen LogP contribution in [-0.4, -0.2) is 63.2 Å². The van der Waals surface area contributed by atoms with Crippen LogP contribution in [0.1, 0.15) is 44.1 Å². The number of nitrogens with zero attached hydrogens (tertiary/aromatic N) is 6. The minimum Gasteiger partial charge on any atom is -0.323 e. The van der Waals surface area contributed by atoms with E-state index in [1.807, 2.05) is 20.8 Å². The molecule has 0 radical (unpaired) electrons. The van der Waals surface area contributed by atoms with Crippen molar-refractivity contribution >= 4 is 58.3 Å². The molecule has 3 aromatic heterocycles. The van der Waals surface area contributed by atoms with Crippen molar-refractivity contribution in [1.82, 2.24) is 30.1 Å². The van der Waals surface area contributed by atoms with Crippen molar-refractivity contribution in [3.63, 3.8) is 0 Å². The van der Waals surface area contributed by atoms with Crippen LogP contribution < -0.4 is 5.32 Å². The Kier molecular flexibility index (Phi) is 6.73. The molecule has 0 aliphatic carbocycles. The summed E-state index contributed by atoms with van der Waals surface area (Å²) in [5, 5.41) is 20.4. The van der Waals surface area contributed by atoms with E-state index in [1.54, 1.807) is 0 Å². The van der Waals surface area contributed by atoms with Gasteiger partial charge >= 0.3 is 0 Å². The molecule has 3 heterocycles. The average Bonchev–Trinajstić information content (AvgIpc) is 3.42. The first-order chi connectivity index (χ1) is 16.3. The molecule has 188 valence electrons. The fraction of sp³-hybridized carbons (Fsp3) is 0.389. The average molecular weight is 543 g/mol. The van der Waals surface area contributed by atoms with E-state index in [4.69, 9.17) is 4.55 Å². The van der Waals surface area contributed by atoms with Gasteiger partial charge in [-0.3, -0.25) is 9.11 Å². The fourth-order valence-corrected chi connectivity index (χ4v) is 4.89. The van der Waals surface area contributed by atoms with E-state index >= 15 is 0 Å². The van der Waals surface area contributed by atoms with Gasteiger partial charge in [0.15, 0.2) is 11.3 Å². The van der Waals surface area contributed by atoms with Crippen LogP contribution in [0.4, 0.5) is 10.8 Å². The van der Waals surface area contributed by atoms with Gasteiger partial charge in [0.05, 0.1) is 20.8 Å². The molecule has 4 N–H and O–H groups in total. The molecular formula is C18H22N8O6S3. The molecule has 14 nitrogen and oxygen atoms in total. The molecule has 1 atom stereocenters. The Morgan fingerprint density at radius 2 is 1.89 bits per heavy atom. The number of aromatic amines is 1. The number of azo groups is 1. The summed E-state index contributed by atoms with van der Waals surface area (Å²) in [7, 11) is -8.47. The molecule has 0 amide bonds. The van der Waals surface area contributed by atoms with E-state index < -0.39 is 26.1 Å². The maximum Gasteiger partial charge on any atom is 0.294 e. The number of hydrogen-bond acceptors (Lipinski definition) is 11. The highest BCUT2D eigenvalue weighted by atomic mass is 32.2. The molecule has 1 unspecified atom stereocenters. The monoisotopic (exact) mass is 542 g/mol. The molecule has 0 bridgehead atoms. The minimum absolute atomic E-state index is 0.00374. The Balaban J connectivity index is 1.64. The summed E-state index contributed by atoms with van der Waals surface area (Å²) in [5.74, 6) is -0.268. The number of benzene rings is 1. The van der Waals surface area contributed by atoms with Gasteiger partial charge in [0.2, 0.25) is 5.13 Å². The van der Waals surface area contributed by atoms with Crippen molar-refractivity contribution in [2.75, 3.05) is 12.4 Å². The molecule has 0 saturated heterocycles. The molecule has 4 aromatic rings. The van der Waals surface area contributed by atoms with Gasteiger partial charge in [0.25, 0.3) is 20.2 Å². The first-order valence-corrected chi connectivity index (χ1v) is 14.1. The van der Waals surface area contributed by atoms with Crippen molar-refractivity contribution in [2.24, 2.45) is 10.2 Å². The van der Waals surface area contributed by atoms with Gasteiger partial charge in [-0.2, -0.15) is 21.9 Å². The Hall–Kier alpha value is -2.83. The largest absolute Gasteiger partial charge is 0.323 e. The lowest BCUT2D eigenvalue weighted by Gasteiger charge is -2.08. The van der Waals surface area contributed by atoms with Crippen LogP contribution in [0, 0.1) is 0 Å². The van der Waals surface area contributed by atoms with Crippen LogP contribution in [0.3, 0.4) is 0 Å². The van der Waals surface area contributed by atoms with Crippen molar-refractivity contribution in [1.29, 1.82) is 0 Å². The number of thiazole rings is 1. The fourth-order valence-electron chi connectivity index (χ4n) is 3.25. The SMILES string of the molecule is CC(C)c1nn2nc(C(C)CNCS(=O)(=O)O)[nH]c2c1N=Nc1nc2cc(S(=O)(=O)O)ccc2s1. The number of aromatic nitrogens is 5. The molecule has 0 spiro atoms. The first kappa shape index (κ1) is 25.3. The number of hydrogen-bond donors (Lipinski definition) is 4. The van der Waals surface area contributed by atoms with Gasteiger partial charge in [-0.05, 0) is 24.1 Å². The smallest absolute Gasteiger partial charge is 0.294 e. The van der Waals surface area contributed by atoms with Crippen LogP contribution in [0.15, 0.2) is 33.3 Å². The summed E-state index contributed by atoms with van der Waals surface area (Å²) in [5.41, 5.74) is 1.95. The quantitative estimate of drug-likeness (QED) is 0.180. The second kappa shape index (κ2) is 9.32. The highest BCUT2D eigenvalue weighted by molar-refractivity contribution is 7.86. The summed E-state index contributed by atoms with van der Waals surface area (Å²) in [6, 6.07) is 4.08. The lowest BCUT2D eigenvalue weighted by atomic mass is 10.1. The van der Waals surface area contributed by atoms with Crippen molar-refractivity contribution < 1.29 is 25.9 Å². The zero-order valence-corrected chi connectivity index (χ0v) is 21.2. The van der Waals surface area contributed by atoms with Gasteiger partial charge in [0, 0.05) is 12.5 Å². The first-order valence-electron chi connectivity index (χ1n) is 10.3. The third-order valence-electron chi connectivity index (χ3n) is 4.95. The Morgan fingerprint density at radius 3 is 2.54 bits per heavy atom. The molecule has 17 heteroatoms. The zero-order chi connectivity index (χ0) is 25.5. The molecule has 35 heavy (non-hydrogen) atoms. The molecule has 0 aliphatic heterocycles.